The Labute approximate surface area is 105 Å². The van der Waals surface area contributed by atoms with Crippen LogP contribution >= 0.6 is 0 Å². The molecule has 0 aromatic rings. The standard InChI is InChI=1S/C13H25NO2S/c1-3-17(15,16)9-8-13(2,11-4-5-11)10-14-12-6-7-12/h11-12,14H,3-10H2,1-2H3. The molecule has 0 radical (unpaired) electrons. The van der Waals surface area contributed by atoms with Gasteiger partial charge in [-0.3, -0.25) is 0 Å². The monoisotopic (exact) mass is 259 g/mol. The minimum Gasteiger partial charge on any atom is -0.313 e. The van der Waals surface area contributed by atoms with Crippen molar-refractivity contribution in [1.29, 1.82) is 0 Å². The van der Waals surface area contributed by atoms with Crippen molar-refractivity contribution < 1.29 is 8.42 Å². The van der Waals surface area contributed by atoms with Crippen molar-refractivity contribution in [2.45, 2.75) is 52.0 Å². The van der Waals surface area contributed by atoms with E-state index >= 15 is 0 Å². The third kappa shape index (κ3) is 3.95. The Morgan fingerprint density at radius 3 is 2.35 bits per heavy atom. The zero-order valence-electron chi connectivity index (χ0n) is 11.0. The van der Waals surface area contributed by atoms with Crippen LogP contribution in [-0.4, -0.2) is 32.5 Å². The summed E-state index contributed by atoms with van der Waals surface area (Å²) in [7, 11) is -2.81. The highest BCUT2D eigenvalue weighted by atomic mass is 32.2. The Morgan fingerprint density at radius 1 is 1.24 bits per heavy atom. The molecule has 0 spiro atoms. The van der Waals surface area contributed by atoms with Crippen LogP contribution in [0.2, 0.25) is 0 Å². The van der Waals surface area contributed by atoms with Crippen LogP contribution in [0.15, 0.2) is 0 Å². The largest absolute Gasteiger partial charge is 0.313 e. The third-order valence-corrected chi connectivity index (χ3v) is 6.06. The van der Waals surface area contributed by atoms with E-state index in [-0.39, 0.29) is 11.2 Å². The molecule has 2 saturated carbocycles. The SMILES string of the molecule is CCS(=O)(=O)CCC(C)(CNC1CC1)C1CC1. The second-order valence-electron chi connectivity index (χ2n) is 6.07. The molecule has 1 unspecified atom stereocenters. The molecule has 0 amide bonds. The van der Waals surface area contributed by atoms with Gasteiger partial charge in [0.2, 0.25) is 0 Å². The molecule has 2 aliphatic rings. The molecule has 3 nitrogen and oxygen atoms in total. The predicted octanol–water partition coefficient (Wildman–Crippen LogP) is 1.98. The van der Waals surface area contributed by atoms with Crippen LogP contribution in [0, 0.1) is 11.3 Å². The summed E-state index contributed by atoms with van der Waals surface area (Å²) >= 11 is 0. The van der Waals surface area contributed by atoms with E-state index in [1.54, 1.807) is 6.92 Å². The maximum Gasteiger partial charge on any atom is 0.150 e. The highest BCUT2D eigenvalue weighted by Gasteiger charge is 2.42. The molecular formula is C13H25NO2S. The summed E-state index contributed by atoms with van der Waals surface area (Å²) in [5, 5.41) is 3.58. The van der Waals surface area contributed by atoms with E-state index in [2.05, 4.69) is 12.2 Å². The molecule has 17 heavy (non-hydrogen) atoms. The molecule has 2 fully saturated rings. The van der Waals surface area contributed by atoms with Crippen LogP contribution < -0.4 is 5.32 Å². The fraction of sp³-hybridized carbons (Fsp3) is 1.00. The zero-order valence-corrected chi connectivity index (χ0v) is 11.9. The summed E-state index contributed by atoms with van der Waals surface area (Å²) in [5.41, 5.74) is 0.199. The molecule has 4 heteroatoms. The molecule has 2 rings (SSSR count). The van der Waals surface area contributed by atoms with E-state index in [4.69, 9.17) is 0 Å². The molecule has 1 N–H and O–H groups in total. The average Bonchev–Trinajstić information content (AvgIpc) is 3.17. The molecule has 0 aromatic heterocycles. The fourth-order valence-corrected chi connectivity index (χ4v) is 3.48. The summed E-state index contributed by atoms with van der Waals surface area (Å²) < 4.78 is 23.2. The third-order valence-electron chi connectivity index (χ3n) is 4.36. The van der Waals surface area contributed by atoms with Gasteiger partial charge in [-0.1, -0.05) is 13.8 Å². The molecule has 2 aliphatic carbocycles. The van der Waals surface area contributed by atoms with Gasteiger partial charge in [-0.25, -0.2) is 8.42 Å². The van der Waals surface area contributed by atoms with Gasteiger partial charge in [-0.05, 0) is 43.4 Å². The second kappa shape index (κ2) is 4.88. The van der Waals surface area contributed by atoms with E-state index in [0.717, 1.165) is 24.9 Å². The highest BCUT2D eigenvalue weighted by molar-refractivity contribution is 7.91. The number of sulfone groups is 1. The first-order chi connectivity index (χ1) is 7.95. The van der Waals surface area contributed by atoms with Crippen molar-refractivity contribution in [3.8, 4) is 0 Å². The van der Waals surface area contributed by atoms with Crippen LogP contribution in [0.25, 0.3) is 0 Å². The van der Waals surface area contributed by atoms with Crippen LogP contribution in [0.3, 0.4) is 0 Å². The average molecular weight is 259 g/mol. The molecular weight excluding hydrogens is 234 g/mol. The lowest BCUT2D eigenvalue weighted by molar-refractivity contribution is 0.247. The summed E-state index contributed by atoms with van der Waals surface area (Å²) in [6, 6.07) is 0.718. The van der Waals surface area contributed by atoms with Crippen molar-refractivity contribution in [2.24, 2.45) is 11.3 Å². The Bertz CT molecular complexity index is 358. The van der Waals surface area contributed by atoms with Gasteiger partial charge in [0.1, 0.15) is 9.84 Å². The van der Waals surface area contributed by atoms with Crippen molar-refractivity contribution >= 4 is 9.84 Å². The first kappa shape index (κ1) is 13.3. The van der Waals surface area contributed by atoms with Crippen molar-refractivity contribution in [2.75, 3.05) is 18.1 Å². The smallest absolute Gasteiger partial charge is 0.150 e. The zero-order chi connectivity index (χ0) is 12.5. The molecule has 0 saturated heterocycles. The predicted molar refractivity (Wildman–Crippen MR) is 70.8 cm³/mol. The van der Waals surface area contributed by atoms with E-state index in [1.807, 2.05) is 0 Å². The molecule has 100 valence electrons. The van der Waals surface area contributed by atoms with Gasteiger partial charge in [0.25, 0.3) is 0 Å². The van der Waals surface area contributed by atoms with Gasteiger partial charge in [0.15, 0.2) is 0 Å². The van der Waals surface area contributed by atoms with Crippen molar-refractivity contribution in [1.82, 2.24) is 5.32 Å². The lowest BCUT2D eigenvalue weighted by Gasteiger charge is -2.30. The van der Waals surface area contributed by atoms with E-state index in [9.17, 15) is 8.42 Å². The lowest BCUT2D eigenvalue weighted by atomic mass is 9.82. The molecule has 0 aromatic carbocycles. The number of hydrogen-bond acceptors (Lipinski definition) is 3. The lowest BCUT2D eigenvalue weighted by Crippen LogP contribution is -2.36. The molecule has 0 bridgehead atoms. The highest BCUT2D eigenvalue weighted by Crippen LogP contribution is 2.47. The normalized spacial score (nSPS) is 24.6. The first-order valence-corrected chi connectivity index (χ1v) is 8.71. The number of hydrogen-bond donors (Lipinski definition) is 1. The Morgan fingerprint density at radius 2 is 1.88 bits per heavy atom. The van der Waals surface area contributed by atoms with Crippen LogP contribution in [0.1, 0.15) is 46.0 Å². The fourth-order valence-electron chi connectivity index (χ4n) is 2.42. The van der Waals surface area contributed by atoms with Crippen LogP contribution in [-0.2, 0) is 9.84 Å². The van der Waals surface area contributed by atoms with Gasteiger partial charge in [0.05, 0.1) is 5.75 Å². The molecule has 1 atom stereocenters. The van der Waals surface area contributed by atoms with Gasteiger partial charge in [0, 0.05) is 18.3 Å². The molecule has 0 heterocycles. The van der Waals surface area contributed by atoms with E-state index < -0.39 is 9.84 Å². The second-order valence-corrected chi connectivity index (χ2v) is 8.54. The Kier molecular flexibility index (Phi) is 3.83. The summed E-state index contributed by atoms with van der Waals surface area (Å²) in [4.78, 5) is 0. The summed E-state index contributed by atoms with van der Waals surface area (Å²) in [6.45, 7) is 5.01. The molecule has 0 aliphatic heterocycles. The summed E-state index contributed by atoms with van der Waals surface area (Å²) in [5.74, 6) is 1.40. The van der Waals surface area contributed by atoms with Gasteiger partial charge in [-0.15, -0.1) is 0 Å². The number of nitrogens with one attached hydrogen (secondary N) is 1. The minimum atomic E-state index is -2.81. The topological polar surface area (TPSA) is 46.2 Å². The van der Waals surface area contributed by atoms with Gasteiger partial charge < -0.3 is 5.32 Å². The van der Waals surface area contributed by atoms with Gasteiger partial charge >= 0.3 is 0 Å². The van der Waals surface area contributed by atoms with Crippen LogP contribution in [0.4, 0.5) is 0 Å². The maximum absolute atomic E-state index is 11.6. The Balaban J connectivity index is 1.86. The first-order valence-electron chi connectivity index (χ1n) is 6.89. The van der Waals surface area contributed by atoms with Crippen molar-refractivity contribution in [3.05, 3.63) is 0 Å². The minimum absolute atomic E-state index is 0.199. The quantitative estimate of drug-likeness (QED) is 0.725. The van der Waals surface area contributed by atoms with Gasteiger partial charge in [-0.2, -0.15) is 0 Å². The number of rotatable bonds is 8. The Hall–Kier alpha value is -0.0900. The summed E-state index contributed by atoms with van der Waals surface area (Å²) in [6.07, 6.45) is 6.00. The van der Waals surface area contributed by atoms with Crippen molar-refractivity contribution in [3.63, 3.8) is 0 Å². The van der Waals surface area contributed by atoms with E-state index in [1.165, 1.54) is 25.7 Å². The van der Waals surface area contributed by atoms with E-state index in [0.29, 0.717) is 5.75 Å². The maximum atomic E-state index is 11.6. The van der Waals surface area contributed by atoms with Crippen LogP contribution in [0.5, 0.6) is 0 Å².